The Balaban J connectivity index is 1.98. The van der Waals surface area contributed by atoms with Crippen molar-refractivity contribution in [2.45, 2.75) is 6.92 Å². The number of nitrogens with one attached hydrogen (secondary N) is 2. The summed E-state index contributed by atoms with van der Waals surface area (Å²) in [5, 5.41) is 18.3. The third-order valence-corrected chi connectivity index (χ3v) is 3.41. The molecule has 2 aromatic rings. The molecule has 23 heavy (non-hydrogen) atoms. The van der Waals surface area contributed by atoms with Crippen LogP contribution in [0.15, 0.2) is 47.6 Å². The maximum Gasteiger partial charge on any atom is 0.270 e. The smallest absolute Gasteiger partial charge is 0.270 e. The van der Waals surface area contributed by atoms with E-state index < -0.39 is 4.92 Å². The van der Waals surface area contributed by atoms with Gasteiger partial charge in [-0.25, -0.2) is 0 Å². The quantitative estimate of drug-likeness (QED) is 0.379. The SMILES string of the molecule is Cc1ccc(NC(=S)NN=Cc2cc([N+](=O)[O-])ccc2Cl)cc1. The van der Waals surface area contributed by atoms with E-state index >= 15 is 0 Å². The first-order chi connectivity index (χ1) is 11.0. The van der Waals surface area contributed by atoms with Crippen LogP contribution in [0, 0.1) is 17.0 Å². The first kappa shape index (κ1) is 16.9. The fourth-order valence-electron chi connectivity index (χ4n) is 1.70. The van der Waals surface area contributed by atoms with Crippen LogP contribution < -0.4 is 10.7 Å². The molecule has 8 heteroatoms. The minimum Gasteiger partial charge on any atom is -0.331 e. The Morgan fingerprint density at radius 2 is 2.00 bits per heavy atom. The monoisotopic (exact) mass is 348 g/mol. The van der Waals surface area contributed by atoms with Crippen molar-refractivity contribution in [1.82, 2.24) is 5.43 Å². The predicted molar refractivity (Wildman–Crippen MR) is 96.2 cm³/mol. The Morgan fingerprint density at radius 1 is 1.30 bits per heavy atom. The van der Waals surface area contributed by atoms with Crippen LogP contribution in [-0.4, -0.2) is 16.3 Å². The maximum absolute atomic E-state index is 10.7. The molecule has 0 heterocycles. The van der Waals surface area contributed by atoms with E-state index in [-0.39, 0.29) is 5.69 Å². The fourth-order valence-corrected chi connectivity index (χ4v) is 2.04. The van der Waals surface area contributed by atoms with Crippen molar-refractivity contribution in [3.05, 3.63) is 68.7 Å². The molecule has 0 fully saturated rings. The molecule has 2 rings (SSSR count). The molecule has 2 aromatic carbocycles. The number of aryl methyl sites for hydroxylation is 1. The lowest BCUT2D eigenvalue weighted by atomic mass is 10.2. The zero-order valence-electron chi connectivity index (χ0n) is 12.1. The minimum atomic E-state index is -0.495. The van der Waals surface area contributed by atoms with Gasteiger partial charge in [-0.2, -0.15) is 5.10 Å². The molecular weight excluding hydrogens is 336 g/mol. The highest BCUT2D eigenvalue weighted by molar-refractivity contribution is 7.80. The van der Waals surface area contributed by atoms with Crippen molar-refractivity contribution in [2.75, 3.05) is 5.32 Å². The van der Waals surface area contributed by atoms with Gasteiger partial charge in [-0.3, -0.25) is 15.5 Å². The van der Waals surface area contributed by atoms with Crippen LogP contribution in [-0.2, 0) is 0 Å². The van der Waals surface area contributed by atoms with E-state index in [0.29, 0.717) is 15.7 Å². The van der Waals surface area contributed by atoms with E-state index in [1.807, 2.05) is 31.2 Å². The maximum atomic E-state index is 10.7. The summed E-state index contributed by atoms with van der Waals surface area (Å²) in [6.07, 6.45) is 1.37. The standard InChI is InChI=1S/C15H13ClN4O2S/c1-10-2-4-12(5-3-10)18-15(23)19-17-9-11-8-13(20(21)22)6-7-14(11)16/h2-9H,1H3,(H2,18,19,23). The van der Waals surface area contributed by atoms with E-state index in [4.69, 9.17) is 23.8 Å². The summed E-state index contributed by atoms with van der Waals surface area (Å²) in [6.45, 7) is 1.99. The van der Waals surface area contributed by atoms with Crippen LogP contribution in [0.1, 0.15) is 11.1 Å². The topological polar surface area (TPSA) is 79.6 Å². The van der Waals surface area contributed by atoms with E-state index in [0.717, 1.165) is 11.3 Å². The van der Waals surface area contributed by atoms with Crippen LogP contribution in [0.3, 0.4) is 0 Å². The van der Waals surface area contributed by atoms with Gasteiger partial charge in [0.2, 0.25) is 0 Å². The van der Waals surface area contributed by atoms with Gasteiger partial charge in [0.05, 0.1) is 11.1 Å². The van der Waals surface area contributed by atoms with Crippen molar-refractivity contribution in [3.8, 4) is 0 Å². The lowest BCUT2D eigenvalue weighted by Gasteiger charge is -2.07. The molecule has 0 bridgehead atoms. The number of hydrogen-bond donors (Lipinski definition) is 2. The van der Waals surface area contributed by atoms with E-state index in [1.54, 1.807) is 0 Å². The van der Waals surface area contributed by atoms with Crippen molar-refractivity contribution >= 4 is 46.5 Å². The number of halogens is 1. The first-order valence-electron chi connectivity index (χ1n) is 6.56. The largest absolute Gasteiger partial charge is 0.331 e. The molecule has 0 atom stereocenters. The second-order valence-electron chi connectivity index (χ2n) is 4.65. The number of non-ortho nitro benzene ring substituents is 1. The summed E-state index contributed by atoms with van der Waals surface area (Å²) in [4.78, 5) is 10.2. The highest BCUT2D eigenvalue weighted by Crippen LogP contribution is 2.20. The van der Waals surface area contributed by atoms with Crippen molar-refractivity contribution in [1.29, 1.82) is 0 Å². The van der Waals surface area contributed by atoms with E-state index in [1.165, 1.54) is 24.4 Å². The highest BCUT2D eigenvalue weighted by atomic mass is 35.5. The molecule has 0 aromatic heterocycles. The van der Waals surface area contributed by atoms with Crippen LogP contribution in [0.4, 0.5) is 11.4 Å². The molecule has 2 N–H and O–H groups in total. The molecule has 0 unspecified atom stereocenters. The van der Waals surface area contributed by atoms with Gasteiger partial charge in [-0.1, -0.05) is 29.3 Å². The molecule has 0 aliphatic heterocycles. The van der Waals surface area contributed by atoms with Crippen LogP contribution in [0.25, 0.3) is 0 Å². The first-order valence-corrected chi connectivity index (χ1v) is 7.35. The Bertz CT molecular complexity index is 763. The van der Waals surface area contributed by atoms with Gasteiger partial charge in [0.1, 0.15) is 0 Å². The molecule has 0 amide bonds. The molecule has 6 nitrogen and oxygen atoms in total. The van der Waals surface area contributed by atoms with Crippen molar-refractivity contribution < 1.29 is 4.92 Å². The zero-order chi connectivity index (χ0) is 16.8. The molecule has 0 saturated heterocycles. The number of thiocarbonyl (C=S) groups is 1. The Kier molecular flexibility index (Phi) is 5.61. The van der Waals surface area contributed by atoms with E-state index in [9.17, 15) is 10.1 Å². The lowest BCUT2D eigenvalue weighted by molar-refractivity contribution is -0.384. The number of hydrogen-bond acceptors (Lipinski definition) is 4. The predicted octanol–water partition coefficient (Wildman–Crippen LogP) is 3.88. The van der Waals surface area contributed by atoms with Gasteiger partial charge in [0.15, 0.2) is 5.11 Å². The number of nitro groups is 1. The average molecular weight is 349 g/mol. The summed E-state index contributed by atoms with van der Waals surface area (Å²) in [5.74, 6) is 0. The number of hydrazone groups is 1. The molecule has 0 aliphatic rings. The number of anilines is 1. The number of nitro benzene ring substituents is 1. The normalized spacial score (nSPS) is 10.5. The van der Waals surface area contributed by atoms with Crippen LogP contribution in [0.5, 0.6) is 0 Å². The second kappa shape index (κ2) is 7.66. The van der Waals surface area contributed by atoms with Crippen molar-refractivity contribution in [2.24, 2.45) is 5.10 Å². The van der Waals surface area contributed by atoms with Crippen molar-refractivity contribution in [3.63, 3.8) is 0 Å². The van der Waals surface area contributed by atoms with Gasteiger partial charge in [0.25, 0.3) is 5.69 Å². The molecule has 0 radical (unpaired) electrons. The van der Waals surface area contributed by atoms with Gasteiger partial charge in [0, 0.05) is 28.4 Å². The molecular formula is C15H13ClN4O2S. The third kappa shape index (κ3) is 5.01. The van der Waals surface area contributed by atoms with E-state index in [2.05, 4.69) is 15.8 Å². The number of rotatable bonds is 4. The summed E-state index contributed by atoms with van der Waals surface area (Å²) < 4.78 is 0. The Hall–Kier alpha value is -2.51. The van der Waals surface area contributed by atoms with Crippen LogP contribution in [0.2, 0.25) is 5.02 Å². The third-order valence-electron chi connectivity index (χ3n) is 2.87. The summed E-state index contributed by atoms with van der Waals surface area (Å²) in [5.41, 5.74) is 4.97. The number of nitrogens with zero attached hydrogens (tertiary/aromatic N) is 2. The van der Waals surface area contributed by atoms with Gasteiger partial charge < -0.3 is 5.32 Å². The summed E-state index contributed by atoms with van der Waals surface area (Å²) in [6, 6.07) is 11.8. The summed E-state index contributed by atoms with van der Waals surface area (Å²) >= 11 is 11.1. The molecule has 0 spiro atoms. The van der Waals surface area contributed by atoms with Gasteiger partial charge in [-0.05, 0) is 37.3 Å². The molecule has 0 aliphatic carbocycles. The minimum absolute atomic E-state index is 0.0591. The molecule has 118 valence electrons. The highest BCUT2D eigenvalue weighted by Gasteiger charge is 2.08. The second-order valence-corrected chi connectivity index (χ2v) is 5.47. The molecule has 0 saturated carbocycles. The Morgan fingerprint density at radius 3 is 2.65 bits per heavy atom. The van der Waals surface area contributed by atoms with Gasteiger partial charge in [-0.15, -0.1) is 0 Å². The summed E-state index contributed by atoms with van der Waals surface area (Å²) in [7, 11) is 0. The average Bonchev–Trinajstić information content (AvgIpc) is 2.51. The zero-order valence-corrected chi connectivity index (χ0v) is 13.7. The Labute approximate surface area is 143 Å². The number of benzene rings is 2. The fraction of sp³-hybridized carbons (Fsp3) is 0.0667. The lowest BCUT2D eigenvalue weighted by Crippen LogP contribution is -2.23. The van der Waals surface area contributed by atoms with Crippen LogP contribution >= 0.6 is 23.8 Å². The van der Waals surface area contributed by atoms with Gasteiger partial charge >= 0.3 is 0 Å².